The van der Waals surface area contributed by atoms with Crippen LogP contribution >= 0.6 is 0 Å². The number of aryl methyl sites for hydroxylation is 1. The lowest BCUT2D eigenvalue weighted by atomic mass is 10.1. The molecule has 0 fully saturated rings. The van der Waals surface area contributed by atoms with E-state index in [0.717, 1.165) is 24.7 Å². The summed E-state index contributed by atoms with van der Waals surface area (Å²) < 4.78 is 2.28. The topological polar surface area (TPSA) is 29.9 Å². The molecular formula is C14H17N3. The number of fused-ring (bicyclic) bond motifs is 1. The lowest BCUT2D eigenvalue weighted by molar-refractivity contribution is 0.615. The maximum atomic E-state index is 4.70. The van der Waals surface area contributed by atoms with Crippen molar-refractivity contribution < 1.29 is 0 Å². The van der Waals surface area contributed by atoms with E-state index in [-0.39, 0.29) is 0 Å². The van der Waals surface area contributed by atoms with E-state index in [0.29, 0.717) is 0 Å². The summed E-state index contributed by atoms with van der Waals surface area (Å²) in [6.45, 7) is 6.37. The number of nitrogens with one attached hydrogen (secondary N) is 1. The monoisotopic (exact) mass is 227 g/mol. The molecular weight excluding hydrogens is 210 g/mol. The molecule has 0 radical (unpaired) electrons. The molecule has 3 rings (SSSR count). The van der Waals surface area contributed by atoms with Crippen molar-refractivity contribution in [1.29, 1.82) is 0 Å². The summed E-state index contributed by atoms with van der Waals surface area (Å²) in [7, 11) is 0. The fourth-order valence-corrected chi connectivity index (χ4v) is 2.36. The van der Waals surface area contributed by atoms with Crippen LogP contribution in [0.15, 0.2) is 24.3 Å². The number of imidazole rings is 1. The molecule has 2 aromatic rings. The lowest BCUT2D eigenvalue weighted by Crippen LogP contribution is -2.17. The fraction of sp³-hybridized carbons (Fsp3) is 0.357. The average molecular weight is 227 g/mol. The highest BCUT2D eigenvalue weighted by molar-refractivity contribution is 5.65. The first-order valence-corrected chi connectivity index (χ1v) is 6.14. The molecule has 0 unspecified atom stereocenters. The van der Waals surface area contributed by atoms with Crippen LogP contribution in [0.4, 0.5) is 5.95 Å². The Morgan fingerprint density at radius 1 is 1.18 bits per heavy atom. The first-order chi connectivity index (χ1) is 8.25. The van der Waals surface area contributed by atoms with Gasteiger partial charge in [-0.1, -0.05) is 29.8 Å². The number of nitrogens with zero attached hydrogens (tertiary/aromatic N) is 2. The molecule has 0 saturated carbocycles. The van der Waals surface area contributed by atoms with Crippen LogP contribution in [0.1, 0.15) is 17.7 Å². The van der Waals surface area contributed by atoms with Crippen molar-refractivity contribution in [2.75, 3.05) is 11.9 Å². The van der Waals surface area contributed by atoms with E-state index >= 15 is 0 Å². The summed E-state index contributed by atoms with van der Waals surface area (Å²) in [5.74, 6) is 1.02. The Morgan fingerprint density at radius 3 is 2.65 bits per heavy atom. The highest BCUT2D eigenvalue weighted by Crippen LogP contribution is 2.27. The van der Waals surface area contributed by atoms with Crippen molar-refractivity contribution in [3.05, 3.63) is 35.5 Å². The van der Waals surface area contributed by atoms with Gasteiger partial charge in [-0.15, -0.1) is 0 Å². The van der Waals surface area contributed by atoms with Gasteiger partial charge in [0, 0.05) is 24.3 Å². The van der Waals surface area contributed by atoms with Gasteiger partial charge < -0.3 is 9.88 Å². The van der Waals surface area contributed by atoms with E-state index < -0.39 is 0 Å². The van der Waals surface area contributed by atoms with E-state index in [4.69, 9.17) is 4.98 Å². The third kappa shape index (κ3) is 1.71. The third-order valence-electron chi connectivity index (χ3n) is 3.39. The fourth-order valence-electron chi connectivity index (χ4n) is 2.36. The third-order valence-corrected chi connectivity index (χ3v) is 3.39. The van der Waals surface area contributed by atoms with Crippen LogP contribution in [0.5, 0.6) is 0 Å². The Kier molecular flexibility index (Phi) is 2.39. The van der Waals surface area contributed by atoms with E-state index in [1.807, 2.05) is 0 Å². The zero-order valence-corrected chi connectivity index (χ0v) is 10.3. The number of rotatable bonds is 1. The van der Waals surface area contributed by atoms with Crippen LogP contribution in [0.25, 0.3) is 11.3 Å². The van der Waals surface area contributed by atoms with Gasteiger partial charge in [-0.25, -0.2) is 4.98 Å². The van der Waals surface area contributed by atoms with Gasteiger partial charge in [-0.3, -0.25) is 0 Å². The smallest absolute Gasteiger partial charge is 0.203 e. The Labute approximate surface area is 101 Å². The van der Waals surface area contributed by atoms with Crippen LogP contribution in [-0.2, 0) is 6.54 Å². The van der Waals surface area contributed by atoms with E-state index in [2.05, 4.69) is 48.0 Å². The van der Waals surface area contributed by atoms with E-state index in [1.54, 1.807) is 0 Å². The summed E-state index contributed by atoms with van der Waals surface area (Å²) in [5, 5.41) is 3.36. The van der Waals surface area contributed by atoms with Gasteiger partial charge >= 0.3 is 0 Å². The Bertz CT molecular complexity index is 537. The molecule has 2 heterocycles. The van der Waals surface area contributed by atoms with Gasteiger partial charge in [-0.2, -0.15) is 0 Å². The highest BCUT2D eigenvalue weighted by atomic mass is 15.2. The zero-order valence-electron chi connectivity index (χ0n) is 10.3. The van der Waals surface area contributed by atoms with Gasteiger partial charge in [0.2, 0.25) is 5.95 Å². The second-order valence-corrected chi connectivity index (χ2v) is 4.67. The van der Waals surface area contributed by atoms with Crippen LogP contribution in [0.3, 0.4) is 0 Å². The summed E-state index contributed by atoms with van der Waals surface area (Å²) in [6, 6.07) is 8.58. The van der Waals surface area contributed by atoms with Crippen LogP contribution in [0, 0.1) is 13.8 Å². The standard InChI is InChI=1S/C14H17N3/c1-10-4-6-12(7-5-10)13-11(2)17-9-3-8-15-14(17)16-13/h4-7H,3,8-9H2,1-2H3,(H,15,16). The molecule has 1 aliphatic rings. The Morgan fingerprint density at radius 2 is 1.94 bits per heavy atom. The first kappa shape index (κ1) is 10.4. The van der Waals surface area contributed by atoms with E-state index in [9.17, 15) is 0 Å². The maximum absolute atomic E-state index is 4.70. The minimum Gasteiger partial charge on any atom is -0.356 e. The quantitative estimate of drug-likeness (QED) is 0.811. The number of hydrogen-bond donors (Lipinski definition) is 1. The van der Waals surface area contributed by atoms with Crippen LogP contribution in [0.2, 0.25) is 0 Å². The van der Waals surface area contributed by atoms with E-state index in [1.165, 1.54) is 23.2 Å². The van der Waals surface area contributed by atoms with Gasteiger partial charge in [0.15, 0.2) is 0 Å². The van der Waals surface area contributed by atoms with Crippen LogP contribution in [-0.4, -0.2) is 16.1 Å². The van der Waals surface area contributed by atoms with Crippen molar-refractivity contribution in [2.24, 2.45) is 0 Å². The molecule has 3 nitrogen and oxygen atoms in total. The number of anilines is 1. The largest absolute Gasteiger partial charge is 0.356 e. The van der Waals surface area contributed by atoms with Crippen LogP contribution < -0.4 is 5.32 Å². The zero-order chi connectivity index (χ0) is 11.8. The highest BCUT2D eigenvalue weighted by Gasteiger charge is 2.17. The van der Waals surface area contributed by atoms with Gasteiger partial charge in [-0.05, 0) is 20.3 Å². The summed E-state index contributed by atoms with van der Waals surface area (Å²) in [4.78, 5) is 4.70. The Balaban J connectivity index is 2.09. The molecule has 0 atom stereocenters. The minimum atomic E-state index is 1.02. The summed E-state index contributed by atoms with van der Waals surface area (Å²) in [5.41, 5.74) is 4.86. The second kappa shape index (κ2) is 3.91. The minimum absolute atomic E-state index is 1.02. The number of aromatic nitrogens is 2. The molecule has 0 spiro atoms. The molecule has 0 bridgehead atoms. The number of hydrogen-bond acceptors (Lipinski definition) is 2. The summed E-state index contributed by atoms with van der Waals surface area (Å²) >= 11 is 0. The molecule has 1 aromatic carbocycles. The molecule has 0 amide bonds. The van der Waals surface area contributed by atoms with Crippen molar-refractivity contribution >= 4 is 5.95 Å². The van der Waals surface area contributed by atoms with Crippen molar-refractivity contribution in [3.8, 4) is 11.3 Å². The average Bonchev–Trinajstić information content (AvgIpc) is 2.69. The predicted molar refractivity (Wildman–Crippen MR) is 70.2 cm³/mol. The molecule has 0 aliphatic carbocycles. The molecule has 88 valence electrons. The lowest BCUT2D eigenvalue weighted by Gasteiger charge is -2.16. The maximum Gasteiger partial charge on any atom is 0.203 e. The Hall–Kier alpha value is -1.77. The van der Waals surface area contributed by atoms with Crippen molar-refractivity contribution in [3.63, 3.8) is 0 Å². The van der Waals surface area contributed by atoms with Crippen molar-refractivity contribution in [2.45, 2.75) is 26.8 Å². The number of benzene rings is 1. The summed E-state index contributed by atoms with van der Waals surface area (Å²) in [6.07, 6.45) is 1.18. The molecule has 17 heavy (non-hydrogen) atoms. The van der Waals surface area contributed by atoms with Gasteiger partial charge in [0.1, 0.15) is 0 Å². The normalized spacial score (nSPS) is 14.2. The second-order valence-electron chi connectivity index (χ2n) is 4.67. The molecule has 0 saturated heterocycles. The first-order valence-electron chi connectivity index (χ1n) is 6.14. The van der Waals surface area contributed by atoms with Gasteiger partial charge in [0.05, 0.1) is 5.69 Å². The molecule has 1 N–H and O–H groups in total. The van der Waals surface area contributed by atoms with Gasteiger partial charge in [0.25, 0.3) is 0 Å². The molecule has 3 heteroatoms. The van der Waals surface area contributed by atoms with Crippen molar-refractivity contribution in [1.82, 2.24) is 9.55 Å². The molecule has 1 aromatic heterocycles. The predicted octanol–water partition coefficient (Wildman–Crippen LogP) is 2.98. The molecule has 1 aliphatic heterocycles. The SMILES string of the molecule is Cc1ccc(-c2nc3n(c2C)CCCN3)cc1.